The molecule has 1 aromatic carbocycles. The van der Waals surface area contributed by atoms with Crippen LogP contribution in [0.15, 0.2) is 17.0 Å². The Morgan fingerprint density at radius 3 is 2.39 bits per heavy atom. The summed E-state index contributed by atoms with van der Waals surface area (Å²) in [7, 11) is 0. The van der Waals surface area contributed by atoms with E-state index in [1.807, 2.05) is 0 Å². The number of hydrogen-bond donors (Lipinski definition) is 1. The van der Waals surface area contributed by atoms with Gasteiger partial charge in [-0.2, -0.15) is 0 Å². The van der Waals surface area contributed by atoms with Gasteiger partial charge in [-0.3, -0.25) is 14.9 Å². The minimum Gasteiger partial charge on any atom is -0.481 e. The molecular formula is C10H9F2NO4S. The normalized spacial score (nSPS) is 12.2. The minimum atomic E-state index is -1.08. The number of thioether (sulfide) groups is 1. The number of carboxylic acid groups (broad SMARTS) is 1. The van der Waals surface area contributed by atoms with Crippen LogP contribution in [0.2, 0.25) is 0 Å². The predicted octanol–water partition coefficient (Wildman–Crippen LogP) is 2.69. The average molecular weight is 277 g/mol. The number of halogens is 2. The second kappa shape index (κ2) is 5.76. The topological polar surface area (TPSA) is 80.4 Å². The Hall–Kier alpha value is -1.70. The van der Waals surface area contributed by atoms with Crippen molar-refractivity contribution < 1.29 is 23.6 Å². The number of aliphatic carboxylic acids is 1. The first-order valence-corrected chi connectivity index (χ1v) is 5.80. The lowest BCUT2D eigenvalue weighted by Gasteiger charge is -2.07. The molecule has 1 rings (SSSR count). The molecule has 0 aliphatic rings. The van der Waals surface area contributed by atoms with Crippen LogP contribution in [0, 0.1) is 27.7 Å². The lowest BCUT2D eigenvalue weighted by atomic mass is 10.2. The third-order valence-corrected chi connectivity index (χ3v) is 3.44. The fourth-order valence-corrected chi connectivity index (χ4v) is 2.02. The highest BCUT2D eigenvalue weighted by atomic mass is 32.2. The van der Waals surface area contributed by atoms with Crippen molar-refractivity contribution in [3.8, 4) is 0 Å². The van der Waals surface area contributed by atoms with Gasteiger partial charge in [0.15, 0.2) is 0 Å². The molecule has 0 saturated carbocycles. The Kier molecular flexibility index (Phi) is 4.60. The lowest BCUT2D eigenvalue weighted by molar-refractivity contribution is -0.385. The van der Waals surface area contributed by atoms with Crippen LogP contribution in [0.3, 0.4) is 0 Å². The number of hydrogen-bond acceptors (Lipinski definition) is 4. The van der Waals surface area contributed by atoms with E-state index in [9.17, 15) is 23.7 Å². The molecule has 1 atom stereocenters. The maximum Gasteiger partial charge on any atom is 0.307 e. The molecule has 0 aliphatic heterocycles. The van der Waals surface area contributed by atoms with E-state index >= 15 is 0 Å². The summed E-state index contributed by atoms with van der Waals surface area (Å²) in [5.74, 6) is -4.01. The predicted molar refractivity (Wildman–Crippen MR) is 60.5 cm³/mol. The van der Waals surface area contributed by atoms with Gasteiger partial charge in [-0.15, -0.1) is 11.8 Å². The third-order valence-electron chi connectivity index (χ3n) is 2.09. The molecular weight excluding hydrogens is 268 g/mol. The molecule has 0 spiro atoms. The summed E-state index contributed by atoms with van der Waals surface area (Å²) < 4.78 is 26.8. The summed E-state index contributed by atoms with van der Waals surface area (Å²) in [5.41, 5.74) is -0.680. The molecule has 5 nitrogen and oxygen atoms in total. The van der Waals surface area contributed by atoms with Crippen LogP contribution < -0.4 is 0 Å². The van der Waals surface area contributed by atoms with Crippen molar-refractivity contribution in [2.24, 2.45) is 5.92 Å². The van der Waals surface area contributed by atoms with E-state index in [1.165, 1.54) is 6.92 Å². The van der Waals surface area contributed by atoms with Crippen LogP contribution in [0.5, 0.6) is 0 Å². The summed E-state index contributed by atoms with van der Waals surface area (Å²) in [6, 6.07) is 1.22. The molecule has 0 aliphatic carbocycles. The molecule has 1 N–H and O–H groups in total. The van der Waals surface area contributed by atoms with Crippen molar-refractivity contribution >= 4 is 23.4 Å². The van der Waals surface area contributed by atoms with E-state index in [-0.39, 0.29) is 5.75 Å². The Morgan fingerprint density at radius 1 is 1.50 bits per heavy atom. The minimum absolute atomic E-state index is 0.0268. The van der Waals surface area contributed by atoms with Gasteiger partial charge in [-0.25, -0.2) is 8.78 Å². The molecule has 0 radical (unpaired) electrons. The van der Waals surface area contributed by atoms with Crippen LogP contribution >= 0.6 is 11.8 Å². The smallest absolute Gasteiger partial charge is 0.307 e. The molecule has 0 aromatic heterocycles. The number of rotatable bonds is 5. The summed E-state index contributed by atoms with van der Waals surface area (Å²) in [4.78, 5) is 19.6. The molecule has 1 aromatic rings. The van der Waals surface area contributed by atoms with Gasteiger partial charge in [0.1, 0.15) is 11.6 Å². The molecule has 0 heterocycles. The molecule has 0 saturated heterocycles. The van der Waals surface area contributed by atoms with Crippen molar-refractivity contribution in [1.29, 1.82) is 0 Å². The zero-order chi connectivity index (χ0) is 13.9. The first kappa shape index (κ1) is 14.4. The second-order valence-electron chi connectivity index (χ2n) is 3.55. The van der Waals surface area contributed by atoms with Gasteiger partial charge in [0.25, 0.3) is 5.69 Å². The van der Waals surface area contributed by atoms with Crippen LogP contribution in [-0.4, -0.2) is 21.8 Å². The van der Waals surface area contributed by atoms with Crippen molar-refractivity contribution in [2.45, 2.75) is 11.8 Å². The Balaban J connectivity index is 2.90. The molecule has 1 unspecified atom stereocenters. The highest BCUT2D eigenvalue weighted by Gasteiger charge is 2.19. The highest BCUT2D eigenvalue weighted by molar-refractivity contribution is 7.99. The quantitative estimate of drug-likeness (QED) is 0.508. The third kappa shape index (κ3) is 3.39. The monoisotopic (exact) mass is 277 g/mol. The van der Waals surface area contributed by atoms with Crippen LogP contribution in [0.1, 0.15) is 6.92 Å². The van der Waals surface area contributed by atoms with E-state index in [0.29, 0.717) is 23.9 Å². The Labute approximate surface area is 105 Å². The molecule has 0 amide bonds. The largest absolute Gasteiger partial charge is 0.481 e. The van der Waals surface area contributed by atoms with Crippen molar-refractivity contribution in [3.05, 3.63) is 33.9 Å². The summed E-state index contributed by atoms with van der Waals surface area (Å²) in [6.07, 6.45) is 0. The number of nitro benzene ring substituents is 1. The lowest BCUT2D eigenvalue weighted by Crippen LogP contribution is -2.12. The summed E-state index contributed by atoms with van der Waals surface area (Å²) in [6.45, 7) is 1.40. The Bertz CT molecular complexity index is 472. The van der Waals surface area contributed by atoms with Gasteiger partial charge in [0.2, 0.25) is 0 Å². The van der Waals surface area contributed by atoms with E-state index in [1.54, 1.807) is 0 Å². The molecule has 0 fully saturated rings. The van der Waals surface area contributed by atoms with E-state index in [0.717, 1.165) is 0 Å². The maximum absolute atomic E-state index is 13.4. The van der Waals surface area contributed by atoms with Crippen molar-refractivity contribution in [1.82, 2.24) is 0 Å². The number of carbonyl (C=O) groups is 1. The number of carboxylic acids is 1. The SMILES string of the molecule is CC(CSc1c(F)cc([N+](=O)[O-])cc1F)C(=O)O. The van der Waals surface area contributed by atoms with Crippen LogP contribution in [0.4, 0.5) is 14.5 Å². The fraction of sp³-hybridized carbons (Fsp3) is 0.300. The molecule has 98 valence electrons. The van der Waals surface area contributed by atoms with E-state index in [2.05, 4.69) is 0 Å². The van der Waals surface area contributed by atoms with Crippen molar-refractivity contribution in [2.75, 3.05) is 5.75 Å². The number of benzene rings is 1. The molecule has 8 heteroatoms. The first-order valence-electron chi connectivity index (χ1n) is 4.82. The zero-order valence-electron chi connectivity index (χ0n) is 9.22. The van der Waals surface area contributed by atoms with Gasteiger partial charge in [-0.05, 0) is 0 Å². The standard InChI is InChI=1S/C10H9F2NO4S/c1-5(10(14)15)4-18-9-7(11)2-6(13(16)17)3-8(9)12/h2-3,5H,4H2,1H3,(H,14,15). The zero-order valence-corrected chi connectivity index (χ0v) is 10.0. The van der Waals surface area contributed by atoms with Gasteiger partial charge in [0, 0.05) is 5.75 Å². The van der Waals surface area contributed by atoms with Crippen LogP contribution in [0.25, 0.3) is 0 Å². The Morgan fingerprint density at radius 2 is 2.00 bits per heavy atom. The second-order valence-corrected chi connectivity index (χ2v) is 4.58. The van der Waals surface area contributed by atoms with Gasteiger partial charge < -0.3 is 5.11 Å². The maximum atomic E-state index is 13.4. The average Bonchev–Trinajstić information content (AvgIpc) is 2.26. The van der Waals surface area contributed by atoms with E-state index < -0.39 is 39.0 Å². The van der Waals surface area contributed by atoms with E-state index in [4.69, 9.17) is 5.11 Å². The molecule has 0 bridgehead atoms. The fourth-order valence-electron chi connectivity index (χ4n) is 1.07. The van der Waals surface area contributed by atoms with Gasteiger partial charge >= 0.3 is 5.97 Å². The number of non-ortho nitro benzene ring substituents is 1. The number of nitrogens with zero attached hydrogens (tertiary/aromatic N) is 1. The summed E-state index contributed by atoms with van der Waals surface area (Å²) >= 11 is 0.677. The van der Waals surface area contributed by atoms with Gasteiger partial charge in [-0.1, -0.05) is 6.92 Å². The molecule has 18 heavy (non-hydrogen) atoms. The first-order chi connectivity index (χ1) is 8.32. The highest BCUT2D eigenvalue weighted by Crippen LogP contribution is 2.30. The summed E-state index contributed by atoms with van der Waals surface area (Å²) in [5, 5.41) is 19.0. The van der Waals surface area contributed by atoms with Gasteiger partial charge in [0.05, 0.1) is 27.9 Å². The van der Waals surface area contributed by atoms with Crippen molar-refractivity contribution in [3.63, 3.8) is 0 Å². The van der Waals surface area contributed by atoms with Crippen LogP contribution in [-0.2, 0) is 4.79 Å². The number of nitro groups is 1.